The van der Waals surface area contributed by atoms with Gasteiger partial charge < -0.3 is 5.32 Å². The van der Waals surface area contributed by atoms with Gasteiger partial charge in [-0.25, -0.2) is 9.37 Å². The molecule has 1 aromatic carbocycles. The summed E-state index contributed by atoms with van der Waals surface area (Å²) in [6.45, 7) is 0. The Hall–Kier alpha value is -2.19. The molecule has 0 bridgehead atoms. The summed E-state index contributed by atoms with van der Waals surface area (Å²) >= 11 is 2.82. The van der Waals surface area contributed by atoms with E-state index in [1.54, 1.807) is 23.5 Å². The summed E-state index contributed by atoms with van der Waals surface area (Å²) in [6, 6.07) is 9.73. The maximum Gasteiger partial charge on any atom is 0.231 e. The Morgan fingerprint density at radius 2 is 2.17 bits per heavy atom. The van der Waals surface area contributed by atoms with E-state index in [0.29, 0.717) is 5.16 Å². The lowest BCUT2D eigenvalue weighted by atomic mass is 10.1. The van der Waals surface area contributed by atoms with Gasteiger partial charge in [0.1, 0.15) is 12.1 Å². The lowest BCUT2D eigenvalue weighted by Crippen LogP contribution is -2.30. The van der Waals surface area contributed by atoms with Crippen molar-refractivity contribution in [3.8, 4) is 0 Å². The second kappa shape index (κ2) is 7.38. The minimum absolute atomic E-state index is 0.130. The quantitative estimate of drug-likeness (QED) is 0.672. The van der Waals surface area contributed by atoms with Gasteiger partial charge in [0.2, 0.25) is 5.91 Å². The molecule has 0 aliphatic rings. The number of nitrogens with one attached hydrogen (secondary N) is 2. The van der Waals surface area contributed by atoms with Crippen molar-refractivity contribution in [2.24, 2.45) is 0 Å². The van der Waals surface area contributed by atoms with Crippen LogP contribution in [-0.2, 0) is 4.79 Å². The topological polar surface area (TPSA) is 70.7 Å². The summed E-state index contributed by atoms with van der Waals surface area (Å²) in [5.41, 5.74) is 0.840. The number of thioether (sulfide) groups is 1. The van der Waals surface area contributed by atoms with E-state index in [4.69, 9.17) is 0 Å². The van der Waals surface area contributed by atoms with E-state index in [1.165, 1.54) is 30.2 Å². The minimum atomic E-state index is -0.300. The maximum atomic E-state index is 13.1. The molecule has 0 radical (unpaired) electrons. The lowest BCUT2D eigenvalue weighted by molar-refractivity contribution is -0.119. The van der Waals surface area contributed by atoms with Crippen molar-refractivity contribution in [1.29, 1.82) is 0 Å². The van der Waals surface area contributed by atoms with Crippen LogP contribution in [0.5, 0.6) is 0 Å². The highest BCUT2D eigenvalue weighted by Gasteiger charge is 2.18. The molecular formula is C15H13FN4OS2. The zero-order valence-electron chi connectivity index (χ0n) is 11.9. The third kappa shape index (κ3) is 4.17. The van der Waals surface area contributed by atoms with E-state index >= 15 is 0 Å². The molecule has 118 valence electrons. The molecule has 3 rings (SSSR count). The molecular weight excluding hydrogens is 335 g/mol. The molecule has 1 amide bonds. The highest BCUT2D eigenvalue weighted by Crippen LogP contribution is 2.26. The Balaban J connectivity index is 1.71. The van der Waals surface area contributed by atoms with Crippen molar-refractivity contribution in [1.82, 2.24) is 20.5 Å². The summed E-state index contributed by atoms with van der Waals surface area (Å²) < 4.78 is 13.1. The average Bonchev–Trinajstić information content (AvgIpc) is 3.25. The predicted molar refractivity (Wildman–Crippen MR) is 87.8 cm³/mol. The molecule has 23 heavy (non-hydrogen) atoms. The number of aromatic nitrogens is 3. The predicted octanol–water partition coefficient (Wildman–Crippen LogP) is 3.00. The fourth-order valence-electron chi connectivity index (χ4n) is 2.03. The third-order valence-corrected chi connectivity index (χ3v) is 4.88. The largest absolute Gasteiger partial charge is 0.344 e. The van der Waals surface area contributed by atoms with Crippen LogP contribution in [0.25, 0.3) is 0 Å². The summed E-state index contributed by atoms with van der Waals surface area (Å²) in [5.74, 6) is -0.210. The fourth-order valence-corrected chi connectivity index (χ4v) is 3.42. The van der Waals surface area contributed by atoms with Gasteiger partial charge in [-0.1, -0.05) is 30.0 Å². The van der Waals surface area contributed by atoms with Crippen LogP contribution in [-0.4, -0.2) is 26.8 Å². The second-order valence-corrected chi connectivity index (χ2v) is 6.59. The van der Waals surface area contributed by atoms with E-state index in [2.05, 4.69) is 20.5 Å². The number of hydrogen-bond donors (Lipinski definition) is 2. The highest BCUT2D eigenvalue weighted by molar-refractivity contribution is 7.99. The van der Waals surface area contributed by atoms with Crippen LogP contribution in [0.1, 0.15) is 16.5 Å². The number of benzene rings is 1. The van der Waals surface area contributed by atoms with Crippen LogP contribution in [0.3, 0.4) is 0 Å². The number of hydrogen-bond acceptors (Lipinski definition) is 5. The molecule has 2 N–H and O–H groups in total. The van der Waals surface area contributed by atoms with E-state index in [1.807, 2.05) is 17.5 Å². The Labute approximate surface area is 140 Å². The maximum absolute atomic E-state index is 13.1. The van der Waals surface area contributed by atoms with Crippen molar-refractivity contribution in [3.63, 3.8) is 0 Å². The number of thiophene rings is 1. The van der Waals surface area contributed by atoms with Crippen LogP contribution >= 0.6 is 23.1 Å². The molecule has 2 aromatic heterocycles. The molecule has 2 heterocycles. The molecule has 0 saturated carbocycles. The molecule has 8 heteroatoms. The Morgan fingerprint density at radius 1 is 1.35 bits per heavy atom. The number of amides is 1. The van der Waals surface area contributed by atoms with E-state index in [0.717, 1.165) is 10.4 Å². The van der Waals surface area contributed by atoms with Gasteiger partial charge in [-0.05, 0) is 29.1 Å². The molecule has 0 saturated heterocycles. The number of nitrogens with zero attached hydrogens (tertiary/aromatic N) is 2. The number of aromatic amines is 1. The van der Waals surface area contributed by atoms with Gasteiger partial charge in [-0.15, -0.1) is 11.3 Å². The monoisotopic (exact) mass is 348 g/mol. The first-order valence-electron chi connectivity index (χ1n) is 6.79. The van der Waals surface area contributed by atoms with Gasteiger partial charge in [-0.2, -0.15) is 5.10 Å². The number of H-pyrrole nitrogens is 1. The zero-order chi connectivity index (χ0) is 16.1. The first-order chi connectivity index (χ1) is 11.2. The Kier molecular flexibility index (Phi) is 5.04. The zero-order valence-corrected chi connectivity index (χ0v) is 13.5. The van der Waals surface area contributed by atoms with E-state index in [9.17, 15) is 9.18 Å². The minimum Gasteiger partial charge on any atom is -0.344 e. The SMILES string of the molecule is O=C(CSc1ncn[nH]1)N[C@@H](c1ccc(F)cc1)c1cccs1. The molecule has 3 aromatic rings. The Bertz CT molecular complexity index is 744. The van der Waals surface area contributed by atoms with Crippen LogP contribution in [0.4, 0.5) is 4.39 Å². The standard InChI is InChI=1S/C15H13FN4OS2/c16-11-5-3-10(4-6-11)14(12-2-1-7-22-12)19-13(21)8-23-15-17-9-18-20-15/h1-7,9,14H,8H2,(H,19,21)(H,17,18,20)/t14-/m0/s1. The first kappa shape index (κ1) is 15.7. The molecule has 0 aliphatic heterocycles. The van der Waals surface area contributed by atoms with Crippen molar-refractivity contribution >= 4 is 29.0 Å². The van der Waals surface area contributed by atoms with Crippen LogP contribution in [0, 0.1) is 5.82 Å². The lowest BCUT2D eigenvalue weighted by Gasteiger charge is -2.18. The smallest absolute Gasteiger partial charge is 0.231 e. The molecule has 1 atom stereocenters. The molecule has 0 fully saturated rings. The Morgan fingerprint density at radius 3 is 2.83 bits per heavy atom. The number of rotatable bonds is 6. The third-order valence-electron chi connectivity index (χ3n) is 3.07. The van der Waals surface area contributed by atoms with Crippen molar-refractivity contribution in [3.05, 3.63) is 64.4 Å². The average molecular weight is 348 g/mol. The van der Waals surface area contributed by atoms with Crippen LogP contribution in [0.15, 0.2) is 53.3 Å². The van der Waals surface area contributed by atoms with Crippen LogP contribution < -0.4 is 5.32 Å². The number of carbonyl (C=O) groups is 1. The number of halogens is 1. The van der Waals surface area contributed by atoms with Gasteiger partial charge in [0, 0.05) is 4.88 Å². The molecule has 0 spiro atoms. The summed E-state index contributed by atoms with van der Waals surface area (Å²) in [6.07, 6.45) is 1.40. The fraction of sp³-hybridized carbons (Fsp3) is 0.133. The van der Waals surface area contributed by atoms with Gasteiger partial charge in [0.25, 0.3) is 0 Å². The summed E-state index contributed by atoms with van der Waals surface area (Å²) in [7, 11) is 0. The first-order valence-corrected chi connectivity index (χ1v) is 8.65. The van der Waals surface area contributed by atoms with Gasteiger partial charge in [0.15, 0.2) is 5.16 Å². The van der Waals surface area contributed by atoms with Gasteiger partial charge in [0.05, 0.1) is 11.8 Å². The van der Waals surface area contributed by atoms with Crippen molar-refractivity contribution in [2.75, 3.05) is 5.75 Å². The van der Waals surface area contributed by atoms with Crippen LogP contribution in [0.2, 0.25) is 0 Å². The molecule has 5 nitrogen and oxygen atoms in total. The normalized spacial score (nSPS) is 12.0. The molecule has 0 unspecified atom stereocenters. The van der Waals surface area contributed by atoms with Crippen molar-refractivity contribution in [2.45, 2.75) is 11.2 Å². The summed E-state index contributed by atoms with van der Waals surface area (Å²) in [4.78, 5) is 17.2. The number of carbonyl (C=O) groups excluding carboxylic acids is 1. The highest BCUT2D eigenvalue weighted by atomic mass is 32.2. The second-order valence-electron chi connectivity index (χ2n) is 4.65. The van der Waals surface area contributed by atoms with Gasteiger partial charge >= 0.3 is 0 Å². The molecule has 0 aliphatic carbocycles. The van der Waals surface area contributed by atoms with Gasteiger partial charge in [-0.3, -0.25) is 9.89 Å². The van der Waals surface area contributed by atoms with Crippen molar-refractivity contribution < 1.29 is 9.18 Å². The van der Waals surface area contributed by atoms with E-state index in [-0.39, 0.29) is 23.5 Å². The summed E-state index contributed by atoms with van der Waals surface area (Å²) in [5, 5.41) is 12.0. The van der Waals surface area contributed by atoms with E-state index < -0.39 is 0 Å².